The number of nitriles is 2. The zero-order valence-electron chi connectivity index (χ0n) is 13.6. The van der Waals surface area contributed by atoms with Crippen LogP contribution in [0.2, 0.25) is 0 Å². The lowest BCUT2D eigenvalue weighted by molar-refractivity contribution is -0.127. The van der Waals surface area contributed by atoms with Gasteiger partial charge in [0.2, 0.25) is 0 Å². The molecule has 126 valence electrons. The zero-order valence-corrected chi connectivity index (χ0v) is 14.4. The van der Waals surface area contributed by atoms with Crippen molar-refractivity contribution in [1.29, 1.82) is 10.5 Å². The number of aromatic nitrogens is 1. The number of thiazole rings is 1. The summed E-state index contributed by atoms with van der Waals surface area (Å²) in [4.78, 5) is 16.2. The first-order chi connectivity index (χ1) is 12.0. The maximum absolute atomic E-state index is 12.0. The van der Waals surface area contributed by atoms with Crippen LogP contribution in [0.5, 0.6) is 5.75 Å². The maximum atomic E-state index is 12.0. The second-order valence-corrected chi connectivity index (χ2v) is 5.85. The van der Waals surface area contributed by atoms with E-state index in [9.17, 15) is 4.79 Å². The number of rotatable bonds is 6. The average Bonchev–Trinajstić information content (AvgIpc) is 3.05. The fourth-order valence-electron chi connectivity index (χ4n) is 1.77. The average molecular weight is 353 g/mol. The summed E-state index contributed by atoms with van der Waals surface area (Å²) in [5.41, 5.74) is 6.70. The number of amides is 1. The van der Waals surface area contributed by atoms with Crippen LogP contribution in [0.1, 0.15) is 23.2 Å². The summed E-state index contributed by atoms with van der Waals surface area (Å²) in [5, 5.41) is 20.3. The first-order valence-corrected chi connectivity index (χ1v) is 8.16. The molecule has 1 amide bonds. The molecule has 25 heavy (non-hydrogen) atoms. The summed E-state index contributed by atoms with van der Waals surface area (Å²) < 4.78 is 5.49. The van der Waals surface area contributed by atoms with Crippen LogP contribution in [0.15, 0.2) is 35.8 Å². The molecule has 2 aromatic rings. The van der Waals surface area contributed by atoms with Crippen LogP contribution in [0.4, 0.5) is 0 Å². The van der Waals surface area contributed by atoms with Crippen LogP contribution in [-0.2, 0) is 4.79 Å². The van der Waals surface area contributed by atoms with Gasteiger partial charge in [0.05, 0.1) is 11.6 Å². The molecule has 0 bridgehead atoms. The molecule has 0 unspecified atom stereocenters. The highest BCUT2D eigenvalue weighted by Crippen LogP contribution is 2.17. The molecule has 0 fully saturated rings. The van der Waals surface area contributed by atoms with E-state index in [0.29, 0.717) is 21.9 Å². The van der Waals surface area contributed by atoms with Crippen molar-refractivity contribution in [3.8, 4) is 17.9 Å². The zero-order chi connectivity index (χ0) is 18.2. The predicted octanol–water partition coefficient (Wildman–Crippen LogP) is 2.28. The van der Waals surface area contributed by atoms with Gasteiger partial charge in [0.1, 0.15) is 22.4 Å². The molecule has 0 aliphatic rings. The van der Waals surface area contributed by atoms with Crippen LogP contribution in [-0.4, -0.2) is 17.0 Å². The van der Waals surface area contributed by atoms with E-state index in [4.69, 9.17) is 15.3 Å². The van der Waals surface area contributed by atoms with Gasteiger partial charge in [0.15, 0.2) is 6.10 Å². The molecule has 0 saturated heterocycles. The highest BCUT2D eigenvalue weighted by molar-refractivity contribution is 7.10. The van der Waals surface area contributed by atoms with Crippen molar-refractivity contribution in [3.05, 3.63) is 52.1 Å². The Morgan fingerprint density at radius 1 is 1.36 bits per heavy atom. The normalized spacial score (nSPS) is 11.8. The Labute approximate surface area is 149 Å². The summed E-state index contributed by atoms with van der Waals surface area (Å²) in [6.45, 7) is 3.43. The van der Waals surface area contributed by atoms with E-state index in [2.05, 4.69) is 15.8 Å². The van der Waals surface area contributed by atoms with Crippen molar-refractivity contribution in [3.63, 3.8) is 0 Å². The van der Waals surface area contributed by atoms with Gasteiger partial charge < -0.3 is 10.2 Å². The highest BCUT2D eigenvalue weighted by atomic mass is 32.1. The van der Waals surface area contributed by atoms with Crippen molar-refractivity contribution in [2.24, 2.45) is 0 Å². The van der Waals surface area contributed by atoms with E-state index in [1.165, 1.54) is 17.5 Å². The molecule has 1 atom stereocenters. The molecular weight excluding hydrogens is 338 g/mol. The summed E-state index contributed by atoms with van der Waals surface area (Å²) in [7, 11) is 0. The maximum Gasteiger partial charge on any atom is 0.279 e. The first-order valence-electron chi connectivity index (χ1n) is 7.28. The number of carbonyl (C=O) groups excluding carboxylic acids is 1. The van der Waals surface area contributed by atoms with Crippen molar-refractivity contribution in [1.82, 2.24) is 15.8 Å². The van der Waals surface area contributed by atoms with Crippen molar-refractivity contribution < 1.29 is 9.53 Å². The van der Waals surface area contributed by atoms with Gasteiger partial charge in [-0.05, 0) is 38.1 Å². The Morgan fingerprint density at radius 3 is 2.64 bits per heavy atom. The van der Waals surface area contributed by atoms with Crippen molar-refractivity contribution >= 4 is 22.8 Å². The minimum Gasteiger partial charge on any atom is -0.481 e. The Hall–Kier alpha value is -3.36. The molecular formula is C17H15N5O2S. The Bertz CT molecular complexity index is 858. The molecule has 1 aromatic carbocycles. The van der Waals surface area contributed by atoms with E-state index in [0.717, 1.165) is 5.69 Å². The largest absolute Gasteiger partial charge is 0.481 e. The Balaban J connectivity index is 1.89. The van der Waals surface area contributed by atoms with Gasteiger partial charge in [-0.25, -0.2) is 4.98 Å². The lowest BCUT2D eigenvalue weighted by atomic mass is 10.2. The molecule has 7 nitrogen and oxygen atoms in total. The van der Waals surface area contributed by atoms with E-state index >= 15 is 0 Å². The van der Waals surface area contributed by atoms with Gasteiger partial charge in [0, 0.05) is 17.3 Å². The van der Waals surface area contributed by atoms with Crippen molar-refractivity contribution in [2.45, 2.75) is 20.0 Å². The summed E-state index contributed by atoms with van der Waals surface area (Å²) in [5.74, 6) is 0.0707. The monoisotopic (exact) mass is 353 g/mol. The van der Waals surface area contributed by atoms with E-state index < -0.39 is 12.0 Å². The number of aryl methyl sites for hydroxylation is 1. The number of hydrogen-bond donors (Lipinski definition) is 2. The SMILES string of the molecule is Cc1csc(/C(C#N)=C/NNC(=O)[C@H](C)Oc2ccc(C#N)cc2)n1. The minimum atomic E-state index is -0.763. The molecule has 8 heteroatoms. The fraction of sp³-hybridized carbons (Fsp3) is 0.176. The van der Waals surface area contributed by atoms with E-state index in [1.54, 1.807) is 31.2 Å². The minimum absolute atomic E-state index is 0.319. The second kappa shape index (κ2) is 8.48. The van der Waals surface area contributed by atoms with Gasteiger partial charge in [-0.15, -0.1) is 11.3 Å². The quantitative estimate of drug-likeness (QED) is 0.609. The highest BCUT2D eigenvalue weighted by Gasteiger charge is 2.14. The molecule has 0 radical (unpaired) electrons. The summed E-state index contributed by atoms with van der Waals surface area (Å²) in [6, 6.07) is 10.5. The van der Waals surface area contributed by atoms with Crippen LogP contribution in [0.3, 0.4) is 0 Å². The molecule has 0 saturated carbocycles. The molecule has 0 spiro atoms. The third-order valence-corrected chi connectivity index (χ3v) is 4.04. The van der Waals surface area contributed by atoms with Crippen LogP contribution in [0, 0.1) is 29.6 Å². The lowest BCUT2D eigenvalue weighted by Crippen LogP contribution is -2.42. The molecule has 1 aromatic heterocycles. The molecule has 1 heterocycles. The first kappa shape index (κ1) is 18.0. The standard InChI is InChI=1S/C17H15N5O2S/c1-11-10-25-17(21-11)14(8-19)9-20-22-16(23)12(2)24-15-5-3-13(7-18)4-6-15/h3-6,9-10,12,20H,1-2H3,(H,22,23)/b14-9+/t12-/m0/s1. The number of allylic oxidation sites excluding steroid dienone is 1. The molecule has 0 aliphatic heterocycles. The predicted molar refractivity (Wildman–Crippen MR) is 93.0 cm³/mol. The number of ether oxygens (including phenoxy) is 1. The number of hydrogen-bond acceptors (Lipinski definition) is 7. The third kappa shape index (κ3) is 5.06. The Morgan fingerprint density at radius 2 is 2.08 bits per heavy atom. The number of benzene rings is 1. The summed E-state index contributed by atoms with van der Waals surface area (Å²) >= 11 is 1.35. The number of nitrogens with one attached hydrogen (secondary N) is 2. The number of hydrazine groups is 1. The van der Waals surface area contributed by atoms with E-state index in [-0.39, 0.29) is 0 Å². The van der Waals surface area contributed by atoms with Gasteiger partial charge in [-0.3, -0.25) is 10.2 Å². The van der Waals surface area contributed by atoms with Gasteiger partial charge >= 0.3 is 0 Å². The third-order valence-electron chi connectivity index (χ3n) is 3.05. The van der Waals surface area contributed by atoms with E-state index in [1.807, 2.05) is 24.4 Å². The fourth-order valence-corrected chi connectivity index (χ4v) is 2.53. The van der Waals surface area contributed by atoms with Gasteiger partial charge in [-0.1, -0.05) is 0 Å². The number of carbonyl (C=O) groups is 1. The molecule has 2 N–H and O–H groups in total. The molecule has 2 rings (SSSR count). The van der Waals surface area contributed by atoms with Crippen LogP contribution < -0.4 is 15.6 Å². The Kier molecular flexibility index (Phi) is 6.10. The lowest BCUT2D eigenvalue weighted by Gasteiger charge is -2.14. The van der Waals surface area contributed by atoms with Crippen molar-refractivity contribution in [2.75, 3.05) is 0 Å². The second-order valence-electron chi connectivity index (χ2n) is 4.99. The van der Waals surface area contributed by atoms with Crippen LogP contribution in [0.25, 0.3) is 5.57 Å². The number of nitrogens with zero attached hydrogens (tertiary/aromatic N) is 3. The van der Waals surface area contributed by atoms with Gasteiger partial charge in [-0.2, -0.15) is 10.5 Å². The molecule has 0 aliphatic carbocycles. The van der Waals surface area contributed by atoms with Crippen LogP contribution >= 0.6 is 11.3 Å². The smallest absolute Gasteiger partial charge is 0.279 e. The van der Waals surface area contributed by atoms with Gasteiger partial charge in [0.25, 0.3) is 5.91 Å². The topological polar surface area (TPSA) is 111 Å². The summed E-state index contributed by atoms with van der Waals surface area (Å²) in [6.07, 6.45) is 0.617.